The quantitative estimate of drug-likeness (QED) is 0.637. The molecule has 0 saturated carbocycles. The number of nitrogens with zero attached hydrogens (tertiary/aromatic N) is 2. The number of benzene rings is 1. The van der Waals surface area contributed by atoms with E-state index in [1.807, 2.05) is 36.4 Å². The van der Waals surface area contributed by atoms with E-state index >= 15 is 0 Å². The standard InChI is InChI=1S/C15H12N2O2S2/c1-16-9-3-2-4-12(16)13-14(19)17(15(20)21-13)10-5-7-11(18)8-6-10/h2-9,18H,1H3/b13-12+. The lowest BCUT2D eigenvalue weighted by Crippen LogP contribution is -2.28. The van der Waals surface area contributed by atoms with Crippen LogP contribution in [-0.4, -0.2) is 27.3 Å². The number of hydrogen-bond acceptors (Lipinski definition) is 5. The van der Waals surface area contributed by atoms with Gasteiger partial charge in [0, 0.05) is 13.2 Å². The van der Waals surface area contributed by atoms with Crippen molar-refractivity contribution in [2.75, 3.05) is 11.9 Å². The molecule has 1 saturated heterocycles. The number of phenolic OH excluding ortho intramolecular Hbond substituents is 1. The molecule has 106 valence electrons. The Hall–Kier alpha value is -2.05. The van der Waals surface area contributed by atoms with Crippen molar-refractivity contribution in [1.29, 1.82) is 0 Å². The second kappa shape index (κ2) is 5.38. The lowest BCUT2D eigenvalue weighted by Gasteiger charge is -2.19. The first-order chi connectivity index (χ1) is 10.1. The molecule has 0 spiro atoms. The predicted molar refractivity (Wildman–Crippen MR) is 88.9 cm³/mol. The first kappa shape index (κ1) is 13.9. The van der Waals surface area contributed by atoms with Crippen LogP contribution in [0.1, 0.15) is 0 Å². The summed E-state index contributed by atoms with van der Waals surface area (Å²) in [6.07, 6.45) is 7.58. The Balaban J connectivity index is 2.00. The summed E-state index contributed by atoms with van der Waals surface area (Å²) >= 11 is 6.62. The number of carbonyl (C=O) groups is 1. The number of anilines is 1. The molecule has 0 bridgehead atoms. The minimum Gasteiger partial charge on any atom is -0.508 e. The maximum absolute atomic E-state index is 12.7. The molecule has 0 atom stereocenters. The third-order valence-electron chi connectivity index (χ3n) is 3.16. The highest BCUT2D eigenvalue weighted by Crippen LogP contribution is 2.38. The zero-order valence-corrected chi connectivity index (χ0v) is 12.8. The van der Waals surface area contributed by atoms with E-state index in [2.05, 4.69) is 0 Å². The molecule has 0 aromatic heterocycles. The number of amides is 1. The summed E-state index contributed by atoms with van der Waals surface area (Å²) < 4.78 is 0.490. The van der Waals surface area contributed by atoms with Crippen LogP contribution in [0.3, 0.4) is 0 Å². The van der Waals surface area contributed by atoms with Gasteiger partial charge in [-0.15, -0.1) is 0 Å². The number of phenols is 1. The highest BCUT2D eigenvalue weighted by Gasteiger charge is 2.35. The summed E-state index contributed by atoms with van der Waals surface area (Å²) in [5.74, 6) is 0.0140. The van der Waals surface area contributed by atoms with Gasteiger partial charge in [-0.1, -0.05) is 30.1 Å². The highest BCUT2D eigenvalue weighted by atomic mass is 32.2. The fraction of sp³-hybridized carbons (Fsp3) is 0.0667. The zero-order valence-electron chi connectivity index (χ0n) is 11.2. The van der Waals surface area contributed by atoms with Gasteiger partial charge in [0.1, 0.15) is 10.7 Å². The van der Waals surface area contributed by atoms with Crippen molar-refractivity contribution in [3.63, 3.8) is 0 Å². The van der Waals surface area contributed by atoms with Crippen LogP contribution in [0.2, 0.25) is 0 Å². The second-order valence-electron chi connectivity index (χ2n) is 4.55. The average molecular weight is 316 g/mol. The van der Waals surface area contributed by atoms with E-state index in [0.29, 0.717) is 14.9 Å². The Bertz CT molecular complexity index is 705. The summed E-state index contributed by atoms with van der Waals surface area (Å²) in [6.45, 7) is 0. The minimum absolute atomic E-state index is 0.141. The molecule has 2 aliphatic heterocycles. The molecule has 1 aromatic carbocycles. The van der Waals surface area contributed by atoms with Crippen LogP contribution >= 0.6 is 24.0 Å². The number of allylic oxidation sites excluding steroid dienone is 3. The third-order valence-corrected chi connectivity index (χ3v) is 4.54. The van der Waals surface area contributed by atoms with Crippen LogP contribution in [-0.2, 0) is 4.79 Å². The molecule has 1 amide bonds. The number of thioether (sulfide) groups is 1. The Morgan fingerprint density at radius 2 is 1.90 bits per heavy atom. The van der Waals surface area contributed by atoms with Crippen LogP contribution in [0.15, 0.2) is 59.3 Å². The molecular weight excluding hydrogens is 304 g/mol. The summed E-state index contributed by atoms with van der Waals surface area (Å²) in [4.78, 5) is 16.6. The van der Waals surface area contributed by atoms with Crippen LogP contribution in [0.4, 0.5) is 5.69 Å². The average Bonchev–Trinajstić information content (AvgIpc) is 2.76. The van der Waals surface area contributed by atoms with E-state index in [1.54, 1.807) is 12.1 Å². The summed E-state index contributed by atoms with van der Waals surface area (Å²) in [6, 6.07) is 6.43. The molecule has 1 N–H and O–H groups in total. The summed E-state index contributed by atoms with van der Waals surface area (Å²) in [7, 11) is 1.89. The minimum atomic E-state index is -0.141. The molecule has 1 fully saturated rings. The maximum Gasteiger partial charge on any atom is 0.272 e. The fourth-order valence-corrected chi connectivity index (χ4v) is 3.49. The lowest BCUT2D eigenvalue weighted by atomic mass is 10.2. The van der Waals surface area contributed by atoms with E-state index in [1.165, 1.54) is 28.8 Å². The van der Waals surface area contributed by atoms with Gasteiger partial charge in [0.05, 0.1) is 11.4 Å². The molecule has 0 unspecified atom stereocenters. The molecule has 2 aliphatic rings. The van der Waals surface area contributed by atoms with Gasteiger partial charge in [-0.25, -0.2) is 0 Å². The van der Waals surface area contributed by atoms with Gasteiger partial charge in [-0.2, -0.15) is 0 Å². The van der Waals surface area contributed by atoms with Gasteiger partial charge >= 0.3 is 0 Å². The van der Waals surface area contributed by atoms with E-state index in [-0.39, 0.29) is 11.7 Å². The number of likely N-dealkylation sites (N-methyl/N-ethyl adjacent to an activating group) is 1. The van der Waals surface area contributed by atoms with Crippen LogP contribution < -0.4 is 4.90 Å². The van der Waals surface area contributed by atoms with E-state index in [9.17, 15) is 9.90 Å². The monoisotopic (exact) mass is 316 g/mol. The lowest BCUT2D eigenvalue weighted by molar-refractivity contribution is -0.113. The summed E-state index contributed by atoms with van der Waals surface area (Å²) in [5, 5.41) is 9.35. The third kappa shape index (κ3) is 2.48. The van der Waals surface area contributed by atoms with Crippen molar-refractivity contribution in [2.45, 2.75) is 0 Å². The Labute approximate surface area is 132 Å². The topological polar surface area (TPSA) is 43.8 Å². The first-order valence-corrected chi connectivity index (χ1v) is 7.47. The van der Waals surface area contributed by atoms with Gasteiger partial charge in [0.25, 0.3) is 5.91 Å². The second-order valence-corrected chi connectivity index (χ2v) is 6.20. The number of carbonyl (C=O) groups excluding carboxylic acids is 1. The van der Waals surface area contributed by atoms with Crippen molar-refractivity contribution >= 4 is 39.9 Å². The van der Waals surface area contributed by atoms with Crippen molar-refractivity contribution in [3.8, 4) is 5.75 Å². The molecule has 3 rings (SSSR count). The number of aromatic hydroxyl groups is 1. The number of hydrogen-bond donors (Lipinski definition) is 1. The largest absolute Gasteiger partial charge is 0.508 e. The Morgan fingerprint density at radius 1 is 1.19 bits per heavy atom. The van der Waals surface area contributed by atoms with E-state index in [0.717, 1.165) is 5.70 Å². The number of rotatable bonds is 1. The SMILES string of the molecule is CN1C=CC=C/C1=C1\SC(=S)N(c2ccc(O)cc2)C1=O. The molecule has 2 heterocycles. The first-order valence-electron chi connectivity index (χ1n) is 6.25. The van der Waals surface area contributed by atoms with E-state index < -0.39 is 0 Å². The van der Waals surface area contributed by atoms with Crippen molar-refractivity contribution in [2.24, 2.45) is 0 Å². The van der Waals surface area contributed by atoms with Crippen LogP contribution in [0.25, 0.3) is 0 Å². The molecule has 0 aliphatic carbocycles. The van der Waals surface area contributed by atoms with Crippen molar-refractivity contribution in [3.05, 3.63) is 59.3 Å². The highest BCUT2D eigenvalue weighted by molar-refractivity contribution is 8.27. The van der Waals surface area contributed by atoms with E-state index in [4.69, 9.17) is 12.2 Å². The van der Waals surface area contributed by atoms with Crippen molar-refractivity contribution in [1.82, 2.24) is 4.90 Å². The molecule has 4 nitrogen and oxygen atoms in total. The Morgan fingerprint density at radius 3 is 2.57 bits per heavy atom. The smallest absolute Gasteiger partial charge is 0.272 e. The van der Waals surface area contributed by atoms with Crippen LogP contribution in [0.5, 0.6) is 5.75 Å². The van der Waals surface area contributed by atoms with Gasteiger partial charge in [-0.05, 0) is 36.4 Å². The number of thiocarbonyl (C=S) groups is 1. The summed E-state index contributed by atoms with van der Waals surface area (Å²) in [5.41, 5.74) is 1.49. The zero-order chi connectivity index (χ0) is 15.0. The van der Waals surface area contributed by atoms with Crippen LogP contribution in [0, 0.1) is 0 Å². The van der Waals surface area contributed by atoms with Gasteiger partial charge in [0.2, 0.25) is 0 Å². The molecule has 6 heteroatoms. The molecular formula is C15H12N2O2S2. The Kier molecular flexibility index (Phi) is 3.57. The van der Waals surface area contributed by atoms with Crippen molar-refractivity contribution < 1.29 is 9.90 Å². The predicted octanol–water partition coefficient (Wildman–Crippen LogP) is 2.98. The van der Waals surface area contributed by atoms with Gasteiger partial charge in [0.15, 0.2) is 4.32 Å². The molecule has 1 aromatic rings. The van der Waals surface area contributed by atoms with Gasteiger partial charge < -0.3 is 10.0 Å². The fourth-order valence-electron chi connectivity index (χ4n) is 2.11. The molecule has 21 heavy (non-hydrogen) atoms. The maximum atomic E-state index is 12.7. The normalized spacial score (nSPS) is 21.6. The van der Waals surface area contributed by atoms with Gasteiger partial charge in [-0.3, -0.25) is 9.69 Å². The molecule has 0 radical (unpaired) electrons.